The second-order valence-electron chi connectivity index (χ2n) is 4.44. The van der Waals surface area contributed by atoms with E-state index >= 15 is 0 Å². The fourth-order valence-electron chi connectivity index (χ4n) is 1.80. The van der Waals surface area contributed by atoms with Gasteiger partial charge in [0.2, 0.25) is 0 Å². The molecule has 1 atom stereocenters. The van der Waals surface area contributed by atoms with E-state index in [4.69, 9.17) is 4.74 Å². The summed E-state index contributed by atoms with van der Waals surface area (Å²) in [6.07, 6.45) is 3.31. The van der Waals surface area contributed by atoms with Crippen LogP contribution in [0, 0.1) is 0 Å². The van der Waals surface area contributed by atoms with Crippen LogP contribution in [0.3, 0.4) is 0 Å². The number of allylic oxidation sites excluding steroid dienone is 1. The first-order chi connectivity index (χ1) is 10.1. The number of carboxylic acid groups (broad SMARTS) is 1. The average Bonchev–Trinajstić information content (AvgIpc) is 2.45. The zero-order valence-corrected chi connectivity index (χ0v) is 11.7. The fourth-order valence-corrected chi connectivity index (χ4v) is 1.80. The van der Waals surface area contributed by atoms with Crippen molar-refractivity contribution in [3.05, 3.63) is 60.7 Å². The van der Waals surface area contributed by atoms with Crippen LogP contribution in [0.2, 0.25) is 0 Å². The number of carbonyl (C=O) groups is 2. The van der Waals surface area contributed by atoms with Gasteiger partial charge in [-0.3, -0.25) is 0 Å². The molecule has 0 fully saturated rings. The molecule has 112 valence electrons. The first-order valence-corrected chi connectivity index (χ1v) is 6.52. The number of rotatable bonds is 8. The summed E-state index contributed by atoms with van der Waals surface area (Å²) in [5.74, 6) is -1.11. The lowest BCUT2D eigenvalue weighted by molar-refractivity contribution is -0.139. The largest absolute Gasteiger partial charge is 0.480 e. The van der Waals surface area contributed by atoms with E-state index in [9.17, 15) is 14.7 Å². The molecule has 0 bridgehead atoms. The highest BCUT2D eigenvalue weighted by Gasteiger charge is 2.21. The van der Waals surface area contributed by atoms with E-state index in [1.807, 2.05) is 24.3 Å². The molecule has 5 heteroatoms. The number of carboxylic acids is 1. The Morgan fingerprint density at radius 3 is 2.62 bits per heavy atom. The lowest BCUT2D eigenvalue weighted by Crippen LogP contribution is -2.42. The molecule has 1 rings (SSSR count). The third-order valence-electron chi connectivity index (χ3n) is 2.73. The summed E-state index contributed by atoms with van der Waals surface area (Å²) >= 11 is 0. The van der Waals surface area contributed by atoms with Crippen LogP contribution < -0.4 is 5.32 Å². The van der Waals surface area contributed by atoms with Crippen molar-refractivity contribution in [3.8, 4) is 0 Å². The van der Waals surface area contributed by atoms with Gasteiger partial charge in [-0.05, 0) is 17.5 Å². The summed E-state index contributed by atoms with van der Waals surface area (Å²) in [5.41, 5.74) is 1.87. The van der Waals surface area contributed by atoms with Crippen LogP contribution in [-0.4, -0.2) is 29.8 Å². The number of hydrogen-bond donors (Lipinski definition) is 2. The molecule has 0 aliphatic heterocycles. The van der Waals surface area contributed by atoms with Gasteiger partial charge in [0, 0.05) is 6.42 Å². The molecular weight excluding hydrogens is 270 g/mol. The maximum atomic E-state index is 11.4. The Morgan fingerprint density at radius 2 is 2.00 bits per heavy atom. The minimum Gasteiger partial charge on any atom is -0.480 e. The van der Waals surface area contributed by atoms with Crippen molar-refractivity contribution in [2.24, 2.45) is 0 Å². The molecule has 0 spiro atoms. The third kappa shape index (κ3) is 5.95. The van der Waals surface area contributed by atoms with Crippen LogP contribution in [0.5, 0.6) is 0 Å². The fraction of sp³-hybridized carbons (Fsp3) is 0.250. The van der Waals surface area contributed by atoms with Gasteiger partial charge >= 0.3 is 12.1 Å². The van der Waals surface area contributed by atoms with Crippen molar-refractivity contribution in [1.29, 1.82) is 0 Å². The molecule has 0 heterocycles. The first kappa shape index (κ1) is 16.5. The highest BCUT2D eigenvalue weighted by Crippen LogP contribution is 2.09. The van der Waals surface area contributed by atoms with Gasteiger partial charge in [-0.15, -0.1) is 6.58 Å². The SMILES string of the molecule is C=CCOC(=O)N[C@H](Cc1cccc(CC=C)c1)C(=O)O. The summed E-state index contributed by atoms with van der Waals surface area (Å²) < 4.78 is 4.73. The summed E-state index contributed by atoms with van der Waals surface area (Å²) in [7, 11) is 0. The van der Waals surface area contributed by atoms with Crippen LogP contribution in [0.4, 0.5) is 4.79 Å². The highest BCUT2D eigenvalue weighted by atomic mass is 16.5. The number of nitrogens with one attached hydrogen (secondary N) is 1. The van der Waals surface area contributed by atoms with Gasteiger partial charge in [-0.25, -0.2) is 9.59 Å². The van der Waals surface area contributed by atoms with Crippen molar-refractivity contribution < 1.29 is 19.4 Å². The normalized spacial score (nSPS) is 11.2. The Bertz CT molecular complexity index is 525. The molecule has 2 N–H and O–H groups in total. The van der Waals surface area contributed by atoms with E-state index in [-0.39, 0.29) is 13.0 Å². The minimum atomic E-state index is -1.11. The Morgan fingerprint density at radius 1 is 1.29 bits per heavy atom. The number of carbonyl (C=O) groups excluding carboxylic acids is 1. The quantitative estimate of drug-likeness (QED) is 0.720. The molecule has 0 saturated carbocycles. The molecule has 1 amide bonds. The number of aliphatic carboxylic acids is 1. The molecule has 5 nitrogen and oxygen atoms in total. The van der Waals surface area contributed by atoms with Crippen LogP contribution in [-0.2, 0) is 22.4 Å². The van der Waals surface area contributed by atoms with Gasteiger partial charge in [0.05, 0.1) is 0 Å². The maximum absolute atomic E-state index is 11.4. The zero-order valence-electron chi connectivity index (χ0n) is 11.7. The van der Waals surface area contributed by atoms with Crippen LogP contribution in [0.15, 0.2) is 49.6 Å². The van der Waals surface area contributed by atoms with Crippen molar-refractivity contribution in [1.82, 2.24) is 5.32 Å². The second-order valence-corrected chi connectivity index (χ2v) is 4.44. The standard InChI is InChI=1S/C16H19NO4/c1-3-6-12-7-5-8-13(10-12)11-14(15(18)19)17-16(20)21-9-4-2/h3-5,7-8,10,14H,1-2,6,9,11H2,(H,17,20)(H,18,19)/t14-/m1/s1. The zero-order chi connectivity index (χ0) is 15.7. The maximum Gasteiger partial charge on any atom is 0.408 e. The smallest absolute Gasteiger partial charge is 0.408 e. The number of ether oxygens (including phenoxy) is 1. The molecule has 0 aromatic heterocycles. The summed E-state index contributed by atoms with van der Waals surface area (Å²) in [6.45, 7) is 7.11. The number of hydrogen-bond acceptors (Lipinski definition) is 3. The summed E-state index contributed by atoms with van der Waals surface area (Å²) in [5, 5.41) is 11.5. The lowest BCUT2D eigenvalue weighted by atomic mass is 10.0. The van der Waals surface area contributed by atoms with Crippen molar-refractivity contribution in [2.45, 2.75) is 18.9 Å². The van der Waals surface area contributed by atoms with Gasteiger partial charge in [-0.1, -0.05) is 43.0 Å². The molecule has 21 heavy (non-hydrogen) atoms. The van der Waals surface area contributed by atoms with Crippen LogP contribution >= 0.6 is 0 Å². The number of benzene rings is 1. The molecular formula is C16H19NO4. The summed E-state index contributed by atoms with van der Waals surface area (Å²) in [4.78, 5) is 22.6. The number of amides is 1. The Kier molecular flexibility index (Phi) is 6.74. The monoisotopic (exact) mass is 289 g/mol. The Hall–Kier alpha value is -2.56. The minimum absolute atomic E-state index is 0.0347. The molecule has 0 radical (unpaired) electrons. The van der Waals surface area contributed by atoms with E-state index in [1.165, 1.54) is 6.08 Å². The predicted molar refractivity (Wildman–Crippen MR) is 80.2 cm³/mol. The predicted octanol–water partition coefficient (Wildman–Crippen LogP) is 2.32. The van der Waals surface area contributed by atoms with Gasteiger partial charge in [0.25, 0.3) is 0 Å². The molecule has 1 aromatic rings. The van der Waals surface area contributed by atoms with E-state index < -0.39 is 18.1 Å². The second kappa shape index (κ2) is 8.58. The van der Waals surface area contributed by atoms with Crippen molar-refractivity contribution >= 4 is 12.1 Å². The van der Waals surface area contributed by atoms with Gasteiger partial charge < -0.3 is 15.2 Å². The van der Waals surface area contributed by atoms with Gasteiger partial charge in [0.1, 0.15) is 12.6 Å². The third-order valence-corrected chi connectivity index (χ3v) is 2.73. The Labute approximate surface area is 123 Å². The molecule has 0 unspecified atom stereocenters. The highest BCUT2D eigenvalue weighted by molar-refractivity contribution is 5.80. The first-order valence-electron chi connectivity index (χ1n) is 6.52. The van der Waals surface area contributed by atoms with E-state index in [1.54, 1.807) is 6.08 Å². The molecule has 1 aromatic carbocycles. The van der Waals surface area contributed by atoms with Crippen LogP contribution in [0.1, 0.15) is 11.1 Å². The molecule has 0 aliphatic rings. The van der Waals surface area contributed by atoms with Gasteiger partial charge in [0.15, 0.2) is 0 Å². The van der Waals surface area contributed by atoms with E-state index in [2.05, 4.69) is 18.5 Å². The van der Waals surface area contributed by atoms with E-state index in [0.29, 0.717) is 6.42 Å². The Balaban J connectivity index is 2.71. The van der Waals surface area contributed by atoms with Crippen LogP contribution in [0.25, 0.3) is 0 Å². The molecule has 0 saturated heterocycles. The van der Waals surface area contributed by atoms with Crippen molar-refractivity contribution in [3.63, 3.8) is 0 Å². The lowest BCUT2D eigenvalue weighted by Gasteiger charge is -2.14. The number of alkyl carbamates (subject to hydrolysis) is 1. The molecule has 0 aliphatic carbocycles. The average molecular weight is 289 g/mol. The summed E-state index contributed by atoms with van der Waals surface area (Å²) in [6, 6.07) is 6.46. The van der Waals surface area contributed by atoms with E-state index in [0.717, 1.165) is 11.1 Å². The topological polar surface area (TPSA) is 75.6 Å². The van der Waals surface area contributed by atoms with Crippen molar-refractivity contribution in [2.75, 3.05) is 6.61 Å². The van der Waals surface area contributed by atoms with Gasteiger partial charge in [-0.2, -0.15) is 0 Å².